The summed E-state index contributed by atoms with van der Waals surface area (Å²) in [5, 5.41) is 10.3. The number of aromatic nitrogens is 1. The SMILES string of the molecule is CC(C)c1ncc(C[C@@H](C)O)s1. The first-order valence-electron chi connectivity index (χ1n) is 4.22. The molecule has 1 N–H and O–H groups in total. The molecule has 0 aromatic carbocycles. The standard InChI is InChI=1S/C9H15NOS/c1-6(2)9-10-5-8(12-9)4-7(3)11/h5-7,11H,4H2,1-3H3/t7-/m1/s1. The number of rotatable bonds is 3. The van der Waals surface area contributed by atoms with Gasteiger partial charge in [0.2, 0.25) is 0 Å². The highest BCUT2D eigenvalue weighted by atomic mass is 32.1. The summed E-state index contributed by atoms with van der Waals surface area (Å²) in [6, 6.07) is 0. The van der Waals surface area contributed by atoms with E-state index in [1.165, 1.54) is 4.88 Å². The zero-order valence-electron chi connectivity index (χ0n) is 7.74. The minimum atomic E-state index is -0.259. The molecule has 0 spiro atoms. The van der Waals surface area contributed by atoms with Crippen molar-refractivity contribution in [2.75, 3.05) is 0 Å². The Hall–Kier alpha value is -0.410. The van der Waals surface area contributed by atoms with Gasteiger partial charge in [-0.15, -0.1) is 11.3 Å². The van der Waals surface area contributed by atoms with Crippen LogP contribution in [0.25, 0.3) is 0 Å². The second-order valence-corrected chi connectivity index (χ2v) is 4.52. The summed E-state index contributed by atoms with van der Waals surface area (Å²) in [4.78, 5) is 5.45. The molecule has 0 saturated carbocycles. The first-order chi connectivity index (χ1) is 5.59. The van der Waals surface area contributed by atoms with Crippen molar-refractivity contribution in [2.24, 2.45) is 0 Å². The van der Waals surface area contributed by atoms with Gasteiger partial charge in [-0.3, -0.25) is 0 Å². The highest BCUT2D eigenvalue weighted by molar-refractivity contribution is 7.11. The van der Waals surface area contributed by atoms with E-state index in [2.05, 4.69) is 18.8 Å². The molecule has 1 aromatic heterocycles. The molecule has 0 amide bonds. The van der Waals surface area contributed by atoms with E-state index < -0.39 is 0 Å². The monoisotopic (exact) mass is 185 g/mol. The topological polar surface area (TPSA) is 33.1 Å². The third kappa shape index (κ3) is 2.57. The molecule has 1 atom stereocenters. The van der Waals surface area contributed by atoms with Crippen molar-refractivity contribution in [3.63, 3.8) is 0 Å². The van der Waals surface area contributed by atoms with Crippen molar-refractivity contribution in [3.8, 4) is 0 Å². The van der Waals surface area contributed by atoms with Gasteiger partial charge in [0.25, 0.3) is 0 Å². The average molecular weight is 185 g/mol. The molecular formula is C9H15NOS. The molecular weight excluding hydrogens is 170 g/mol. The van der Waals surface area contributed by atoms with Gasteiger partial charge in [-0.1, -0.05) is 13.8 Å². The average Bonchev–Trinajstić information content (AvgIpc) is 2.34. The predicted octanol–water partition coefficient (Wildman–Crippen LogP) is 2.19. The normalized spacial score (nSPS) is 13.8. The van der Waals surface area contributed by atoms with Gasteiger partial charge < -0.3 is 5.11 Å². The van der Waals surface area contributed by atoms with Gasteiger partial charge >= 0.3 is 0 Å². The van der Waals surface area contributed by atoms with Crippen molar-refractivity contribution in [1.29, 1.82) is 0 Å². The number of hydrogen-bond acceptors (Lipinski definition) is 3. The van der Waals surface area contributed by atoms with Gasteiger partial charge in [0.05, 0.1) is 11.1 Å². The van der Waals surface area contributed by atoms with Crippen molar-refractivity contribution in [3.05, 3.63) is 16.1 Å². The summed E-state index contributed by atoms with van der Waals surface area (Å²) in [5.74, 6) is 0.498. The van der Waals surface area contributed by atoms with Gasteiger partial charge in [0, 0.05) is 23.4 Å². The fraction of sp³-hybridized carbons (Fsp3) is 0.667. The van der Waals surface area contributed by atoms with Crippen LogP contribution in [-0.2, 0) is 6.42 Å². The molecule has 0 aliphatic heterocycles. The van der Waals surface area contributed by atoms with Crippen LogP contribution in [0.4, 0.5) is 0 Å². The first kappa shape index (κ1) is 9.68. The van der Waals surface area contributed by atoms with Gasteiger partial charge in [-0.2, -0.15) is 0 Å². The minimum absolute atomic E-state index is 0.259. The van der Waals surface area contributed by atoms with Gasteiger partial charge in [-0.05, 0) is 6.92 Å². The van der Waals surface area contributed by atoms with Gasteiger partial charge in [-0.25, -0.2) is 4.98 Å². The molecule has 1 heterocycles. The number of aliphatic hydroxyl groups excluding tert-OH is 1. The Labute approximate surface area is 77.3 Å². The molecule has 68 valence electrons. The lowest BCUT2D eigenvalue weighted by molar-refractivity contribution is 0.196. The minimum Gasteiger partial charge on any atom is -0.393 e. The maximum absolute atomic E-state index is 9.13. The van der Waals surface area contributed by atoms with Crippen LogP contribution in [-0.4, -0.2) is 16.2 Å². The van der Waals surface area contributed by atoms with Crippen LogP contribution in [0.15, 0.2) is 6.20 Å². The highest BCUT2D eigenvalue weighted by Crippen LogP contribution is 2.21. The molecule has 0 fully saturated rings. The zero-order chi connectivity index (χ0) is 9.14. The molecule has 0 aliphatic rings. The molecule has 12 heavy (non-hydrogen) atoms. The van der Waals surface area contributed by atoms with Crippen LogP contribution in [0.5, 0.6) is 0 Å². The maximum Gasteiger partial charge on any atom is 0.0953 e. The van der Waals surface area contributed by atoms with E-state index in [0.29, 0.717) is 5.92 Å². The zero-order valence-corrected chi connectivity index (χ0v) is 8.56. The van der Waals surface area contributed by atoms with Crippen molar-refractivity contribution >= 4 is 11.3 Å². The van der Waals surface area contributed by atoms with E-state index in [-0.39, 0.29) is 6.10 Å². The number of aliphatic hydroxyl groups is 1. The van der Waals surface area contributed by atoms with E-state index in [0.717, 1.165) is 11.4 Å². The van der Waals surface area contributed by atoms with E-state index in [4.69, 9.17) is 5.11 Å². The van der Waals surface area contributed by atoms with E-state index >= 15 is 0 Å². The smallest absolute Gasteiger partial charge is 0.0953 e. The maximum atomic E-state index is 9.13. The summed E-state index contributed by atoms with van der Waals surface area (Å²) in [5.41, 5.74) is 0. The molecule has 0 radical (unpaired) electrons. The molecule has 0 aliphatic carbocycles. The van der Waals surface area contributed by atoms with Gasteiger partial charge in [0.1, 0.15) is 0 Å². The summed E-state index contributed by atoms with van der Waals surface area (Å²) in [6.07, 6.45) is 2.34. The quantitative estimate of drug-likeness (QED) is 0.783. The number of hydrogen-bond donors (Lipinski definition) is 1. The summed E-state index contributed by atoms with van der Waals surface area (Å²) in [7, 11) is 0. The van der Waals surface area contributed by atoms with Crippen LogP contribution in [0.3, 0.4) is 0 Å². The van der Waals surface area contributed by atoms with Crippen LogP contribution in [0.2, 0.25) is 0 Å². The Kier molecular flexibility index (Phi) is 3.23. The molecule has 0 saturated heterocycles. The highest BCUT2D eigenvalue weighted by Gasteiger charge is 2.06. The summed E-state index contributed by atoms with van der Waals surface area (Å²) >= 11 is 1.70. The first-order valence-corrected chi connectivity index (χ1v) is 5.04. The second kappa shape index (κ2) is 4.01. The third-order valence-electron chi connectivity index (χ3n) is 1.56. The molecule has 3 heteroatoms. The lowest BCUT2D eigenvalue weighted by atomic mass is 10.2. The number of thiazole rings is 1. The molecule has 1 aromatic rings. The van der Waals surface area contributed by atoms with Crippen LogP contribution >= 0.6 is 11.3 Å². The van der Waals surface area contributed by atoms with Crippen molar-refractivity contribution in [2.45, 2.75) is 39.2 Å². The summed E-state index contributed by atoms with van der Waals surface area (Å²) < 4.78 is 0. The molecule has 1 rings (SSSR count). The third-order valence-corrected chi connectivity index (χ3v) is 2.88. The predicted molar refractivity (Wildman–Crippen MR) is 51.6 cm³/mol. The Morgan fingerprint density at radius 2 is 2.17 bits per heavy atom. The fourth-order valence-electron chi connectivity index (χ4n) is 0.975. The number of nitrogens with zero attached hydrogens (tertiary/aromatic N) is 1. The Morgan fingerprint density at radius 1 is 1.50 bits per heavy atom. The largest absolute Gasteiger partial charge is 0.393 e. The Bertz CT molecular complexity index is 242. The molecule has 0 bridgehead atoms. The Morgan fingerprint density at radius 3 is 2.58 bits per heavy atom. The van der Waals surface area contributed by atoms with Crippen molar-refractivity contribution < 1.29 is 5.11 Å². The van der Waals surface area contributed by atoms with Gasteiger partial charge in [0.15, 0.2) is 0 Å². The van der Waals surface area contributed by atoms with Crippen molar-refractivity contribution in [1.82, 2.24) is 4.98 Å². The molecule has 0 unspecified atom stereocenters. The van der Waals surface area contributed by atoms with Crippen LogP contribution in [0.1, 0.15) is 36.6 Å². The fourth-order valence-corrected chi connectivity index (χ4v) is 2.01. The van der Waals surface area contributed by atoms with E-state index in [9.17, 15) is 0 Å². The Balaban J connectivity index is 2.64. The summed E-state index contributed by atoms with van der Waals surface area (Å²) in [6.45, 7) is 6.06. The lowest BCUT2D eigenvalue weighted by Crippen LogP contribution is -2.01. The lowest BCUT2D eigenvalue weighted by Gasteiger charge is -1.99. The second-order valence-electron chi connectivity index (χ2n) is 3.37. The van der Waals surface area contributed by atoms with Crippen LogP contribution < -0.4 is 0 Å². The van der Waals surface area contributed by atoms with E-state index in [1.54, 1.807) is 18.3 Å². The van der Waals surface area contributed by atoms with E-state index in [1.807, 2.05) is 6.20 Å². The van der Waals surface area contributed by atoms with Crippen LogP contribution in [0, 0.1) is 0 Å². The molecule has 2 nitrogen and oxygen atoms in total.